The number of aromatic nitrogens is 1. The van der Waals surface area contributed by atoms with E-state index in [1.54, 1.807) is 11.1 Å². The minimum Gasteiger partial charge on any atom is -0.455 e. The van der Waals surface area contributed by atoms with Crippen LogP contribution in [0.25, 0.3) is 91.9 Å². The largest absolute Gasteiger partial charge is 0.455 e. The molecule has 6 aliphatic rings. The summed E-state index contributed by atoms with van der Waals surface area (Å²) in [6.45, 7) is 4.97. The van der Waals surface area contributed by atoms with Crippen molar-refractivity contribution in [3.63, 3.8) is 0 Å². The van der Waals surface area contributed by atoms with E-state index in [0.717, 1.165) is 35.3 Å². The highest BCUT2D eigenvalue weighted by atomic mass is 32.1. The number of hydrogen-bond acceptors (Lipinski definition) is 3. The van der Waals surface area contributed by atoms with E-state index >= 15 is 0 Å². The zero-order valence-electron chi connectivity index (χ0n) is 38.8. The predicted octanol–water partition coefficient (Wildman–Crippen LogP) is 16.0. The number of hydrogen-bond donors (Lipinski definition) is 0. The number of para-hydroxylation sites is 1. The smallest absolute Gasteiger partial charge is 0.333 e. The van der Waals surface area contributed by atoms with Crippen molar-refractivity contribution in [1.29, 1.82) is 0 Å². The summed E-state index contributed by atoms with van der Waals surface area (Å²) in [6, 6.07) is 58.3. The number of anilines is 2. The molecular formula is C64H47BN2OS. The molecular weight excluding hydrogens is 856 g/mol. The standard InChI is InChI=1S/C64H47BN2OS/c1-63(26-24-38-28-40(38)34-63)42-18-21-51-47(30-42)48-31-43(64(2)27-25-39-29-41(39)35-64)32-50-61(48)66(51)53-33-49-45-12-6-8-14-54(45)68-62(49)59-58-52(22-23-56-57(58)46-13-7-9-15-55(46)69-56)67(65(50)60(53)59)44-19-16-37(17-20-44)36-10-4-3-5-11-36/h3-25,30-33,40-41H,26-29,34-35H2,1-2H3. The highest BCUT2D eigenvalue weighted by Gasteiger charge is 2.49. The van der Waals surface area contributed by atoms with Crippen LogP contribution in [0.4, 0.5) is 11.4 Å². The lowest BCUT2D eigenvalue weighted by Gasteiger charge is -2.43. The Morgan fingerprint density at radius 1 is 0.580 bits per heavy atom. The fourth-order valence-corrected chi connectivity index (χ4v) is 15.4. The number of fused-ring (bicyclic) bond motifs is 17. The van der Waals surface area contributed by atoms with Crippen molar-refractivity contribution >= 4 is 104 Å². The third-order valence-electron chi connectivity index (χ3n) is 18.0. The summed E-state index contributed by atoms with van der Waals surface area (Å²) in [7, 11) is 0. The summed E-state index contributed by atoms with van der Waals surface area (Å²) < 4.78 is 12.6. The molecule has 5 heteroatoms. The molecule has 2 aliphatic heterocycles. The van der Waals surface area contributed by atoms with E-state index in [1.807, 2.05) is 11.3 Å². The number of furan rings is 1. The minimum atomic E-state index is -0.128. The maximum absolute atomic E-state index is 7.27. The van der Waals surface area contributed by atoms with Gasteiger partial charge >= 0.3 is 6.85 Å². The average molecular weight is 903 g/mol. The topological polar surface area (TPSA) is 21.3 Å². The number of allylic oxidation sites excluding steroid dienone is 4. The zero-order chi connectivity index (χ0) is 45.1. The van der Waals surface area contributed by atoms with Crippen molar-refractivity contribution in [3.05, 3.63) is 186 Å². The molecule has 4 atom stereocenters. The fraction of sp³-hybridized carbons (Fsp3) is 0.188. The second kappa shape index (κ2) is 13.0. The summed E-state index contributed by atoms with van der Waals surface area (Å²) in [6.07, 6.45) is 12.4. The Labute approximate surface area is 405 Å². The Hall–Kier alpha value is -7.08. The van der Waals surface area contributed by atoms with Gasteiger partial charge in [-0.15, -0.1) is 11.3 Å². The van der Waals surface area contributed by atoms with Crippen molar-refractivity contribution in [2.45, 2.75) is 63.2 Å². The van der Waals surface area contributed by atoms with E-state index in [1.165, 1.54) is 134 Å². The molecule has 0 N–H and O–H groups in total. The van der Waals surface area contributed by atoms with E-state index in [2.05, 4.69) is 187 Å². The second-order valence-corrected chi connectivity index (χ2v) is 23.2. The second-order valence-electron chi connectivity index (χ2n) is 22.1. The first-order valence-corrected chi connectivity index (χ1v) is 26.1. The van der Waals surface area contributed by atoms with Crippen molar-refractivity contribution in [2.75, 3.05) is 4.81 Å². The Bertz CT molecular complexity index is 4210. The Kier molecular flexibility index (Phi) is 7.11. The molecule has 2 saturated carbocycles. The van der Waals surface area contributed by atoms with Gasteiger partial charge in [0, 0.05) is 69.9 Å². The fourth-order valence-electron chi connectivity index (χ4n) is 14.3. The molecule has 4 aliphatic carbocycles. The molecule has 0 radical (unpaired) electrons. The van der Waals surface area contributed by atoms with Crippen LogP contribution in [0.5, 0.6) is 0 Å². The lowest BCUT2D eigenvalue weighted by atomic mass is 9.43. The molecule has 4 unspecified atom stereocenters. The van der Waals surface area contributed by atoms with Crippen LogP contribution >= 0.6 is 11.3 Å². The number of rotatable bonds is 4. The highest BCUT2D eigenvalue weighted by molar-refractivity contribution is 7.26. The van der Waals surface area contributed by atoms with Gasteiger partial charge in [0.15, 0.2) is 0 Å². The lowest BCUT2D eigenvalue weighted by Crippen LogP contribution is -2.61. The lowest BCUT2D eigenvalue weighted by molar-refractivity contribution is 0.407. The van der Waals surface area contributed by atoms with Crippen LogP contribution < -0.4 is 15.7 Å². The van der Waals surface area contributed by atoms with Gasteiger partial charge in [0.05, 0.1) is 11.0 Å². The van der Waals surface area contributed by atoms with Crippen LogP contribution in [0.3, 0.4) is 0 Å². The maximum Gasteiger partial charge on any atom is 0.333 e. The van der Waals surface area contributed by atoms with Crippen molar-refractivity contribution in [1.82, 2.24) is 4.57 Å². The van der Waals surface area contributed by atoms with Crippen molar-refractivity contribution < 1.29 is 4.42 Å². The zero-order valence-corrected chi connectivity index (χ0v) is 39.6. The molecule has 0 bridgehead atoms. The van der Waals surface area contributed by atoms with Gasteiger partial charge in [0.2, 0.25) is 0 Å². The predicted molar refractivity (Wildman–Crippen MR) is 291 cm³/mol. The van der Waals surface area contributed by atoms with Gasteiger partial charge in [0.1, 0.15) is 11.2 Å². The molecule has 69 heavy (non-hydrogen) atoms. The SMILES string of the molecule is CC1(c2ccc3c(c2)c2cc(C4(C)CC=C5CC5C4)cc4c2n3-c2cc3c(oc5ccccc53)c3c2B4N(c2ccc(-c4ccccc4)cc2)c2ccc4sc5ccccc5c4c2-3)CC=C2CC2C1. The molecule has 17 rings (SSSR count). The molecule has 5 heterocycles. The Morgan fingerprint density at radius 3 is 2.09 bits per heavy atom. The van der Waals surface area contributed by atoms with Crippen LogP contribution in [0, 0.1) is 11.8 Å². The Morgan fingerprint density at radius 2 is 1.29 bits per heavy atom. The van der Waals surface area contributed by atoms with Crippen molar-refractivity contribution in [3.8, 4) is 27.9 Å². The summed E-state index contributed by atoms with van der Waals surface area (Å²) >= 11 is 1.90. The normalized spacial score (nSPS) is 22.8. The summed E-state index contributed by atoms with van der Waals surface area (Å²) in [5.41, 5.74) is 22.4. The molecule has 0 spiro atoms. The van der Waals surface area contributed by atoms with E-state index < -0.39 is 0 Å². The summed E-state index contributed by atoms with van der Waals surface area (Å²) in [4.78, 5) is 2.73. The first-order valence-electron chi connectivity index (χ1n) is 25.3. The van der Waals surface area contributed by atoms with Gasteiger partial charge < -0.3 is 13.8 Å². The quantitative estimate of drug-likeness (QED) is 0.130. The van der Waals surface area contributed by atoms with Crippen molar-refractivity contribution in [2.24, 2.45) is 11.8 Å². The molecule has 3 aromatic heterocycles. The van der Waals surface area contributed by atoms with E-state index in [9.17, 15) is 0 Å². The molecule has 11 aromatic rings. The molecule has 0 saturated heterocycles. The van der Waals surface area contributed by atoms with Gasteiger partial charge in [-0.25, -0.2) is 0 Å². The average Bonchev–Trinajstić information content (AvgIpc) is 4.22. The van der Waals surface area contributed by atoms with E-state index in [-0.39, 0.29) is 17.7 Å². The minimum absolute atomic E-state index is 0.0339. The monoisotopic (exact) mass is 902 g/mol. The van der Waals surface area contributed by atoms with Gasteiger partial charge in [-0.2, -0.15) is 0 Å². The van der Waals surface area contributed by atoms with E-state index in [0.29, 0.717) is 5.92 Å². The van der Waals surface area contributed by atoms with Crippen LogP contribution in [-0.4, -0.2) is 11.4 Å². The summed E-state index contributed by atoms with van der Waals surface area (Å²) in [5, 5.41) is 7.73. The van der Waals surface area contributed by atoms with Gasteiger partial charge in [-0.1, -0.05) is 128 Å². The van der Waals surface area contributed by atoms with Crippen LogP contribution in [-0.2, 0) is 10.8 Å². The highest BCUT2D eigenvalue weighted by Crippen LogP contribution is 2.57. The first kappa shape index (κ1) is 37.9. The molecule has 0 amide bonds. The summed E-state index contributed by atoms with van der Waals surface area (Å²) in [5.74, 6) is 1.47. The molecule has 2 fully saturated rings. The maximum atomic E-state index is 7.27. The molecule has 328 valence electrons. The first-order chi connectivity index (χ1) is 33.9. The number of benzene rings is 8. The van der Waals surface area contributed by atoms with Gasteiger partial charge in [-0.05, 0) is 155 Å². The number of nitrogens with zero attached hydrogens (tertiary/aromatic N) is 2. The molecule has 8 aromatic carbocycles. The molecule has 3 nitrogen and oxygen atoms in total. The van der Waals surface area contributed by atoms with Crippen LogP contribution in [0.1, 0.15) is 63.5 Å². The third-order valence-corrected chi connectivity index (χ3v) is 19.2. The van der Waals surface area contributed by atoms with Crippen LogP contribution in [0.2, 0.25) is 0 Å². The Balaban J connectivity index is 1.04. The van der Waals surface area contributed by atoms with E-state index in [4.69, 9.17) is 4.42 Å². The third kappa shape index (κ3) is 5.04. The van der Waals surface area contributed by atoms with Gasteiger partial charge in [0.25, 0.3) is 0 Å². The van der Waals surface area contributed by atoms with Crippen LogP contribution in [0.15, 0.2) is 179 Å². The number of thiophene rings is 1. The van der Waals surface area contributed by atoms with Gasteiger partial charge in [-0.3, -0.25) is 0 Å².